The molecule has 0 N–H and O–H groups in total. The SMILES string of the molecule is CCCCCCCCCOCOC=CCCCCCCCCCC(OCCCC)OCCCC. The molecule has 0 aliphatic carbocycles. The van der Waals surface area contributed by atoms with Crippen LogP contribution >= 0.6 is 0 Å². The molecule has 0 aliphatic heterocycles. The van der Waals surface area contributed by atoms with Gasteiger partial charge in [-0.25, -0.2) is 0 Å². The van der Waals surface area contributed by atoms with Gasteiger partial charge in [-0.05, 0) is 51.0 Å². The first kappa shape index (κ1) is 33.4. The van der Waals surface area contributed by atoms with E-state index in [2.05, 4.69) is 26.8 Å². The van der Waals surface area contributed by atoms with Crippen molar-refractivity contribution >= 4 is 0 Å². The monoisotopic (exact) mass is 484 g/mol. The highest BCUT2D eigenvalue weighted by molar-refractivity contribution is 4.72. The summed E-state index contributed by atoms with van der Waals surface area (Å²) >= 11 is 0. The van der Waals surface area contributed by atoms with Crippen LogP contribution in [0.1, 0.15) is 149 Å². The van der Waals surface area contributed by atoms with E-state index in [0.717, 1.165) is 51.9 Å². The summed E-state index contributed by atoms with van der Waals surface area (Å²) in [4.78, 5) is 0. The molecule has 0 heterocycles. The smallest absolute Gasteiger partial charge is 0.188 e. The van der Waals surface area contributed by atoms with Crippen LogP contribution in [0, 0.1) is 0 Å². The van der Waals surface area contributed by atoms with Crippen LogP contribution in [0.15, 0.2) is 12.3 Å². The number of rotatable bonds is 29. The molecule has 34 heavy (non-hydrogen) atoms. The van der Waals surface area contributed by atoms with E-state index in [1.54, 1.807) is 0 Å². The van der Waals surface area contributed by atoms with Gasteiger partial charge in [0.25, 0.3) is 0 Å². The van der Waals surface area contributed by atoms with Crippen LogP contribution in [0.3, 0.4) is 0 Å². The Labute approximate surface area is 213 Å². The molecule has 0 aromatic carbocycles. The Hall–Kier alpha value is -0.580. The third-order valence-electron chi connectivity index (χ3n) is 6.15. The van der Waals surface area contributed by atoms with Gasteiger partial charge in [-0.2, -0.15) is 0 Å². The summed E-state index contributed by atoms with van der Waals surface area (Å²) in [6.45, 7) is 9.54. The van der Waals surface area contributed by atoms with Gasteiger partial charge in [0.2, 0.25) is 0 Å². The zero-order chi connectivity index (χ0) is 24.8. The van der Waals surface area contributed by atoms with Crippen molar-refractivity contribution in [3.63, 3.8) is 0 Å². The van der Waals surface area contributed by atoms with Gasteiger partial charge in [0.05, 0.1) is 12.9 Å². The van der Waals surface area contributed by atoms with Crippen LogP contribution in [0.2, 0.25) is 0 Å². The second-order valence-corrected chi connectivity index (χ2v) is 9.62. The molecule has 0 saturated carbocycles. The molecule has 0 spiro atoms. The van der Waals surface area contributed by atoms with Crippen molar-refractivity contribution < 1.29 is 18.9 Å². The van der Waals surface area contributed by atoms with E-state index in [1.165, 1.54) is 96.3 Å². The van der Waals surface area contributed by atoms with E-state index in [0.29, 0.717) is 6.79 Å². The lowest BCUT2D eigenvalue weighted by molar-refractivity contribution is -0.147. The molecule has 204 valence electrons. The van der Waals surface area contributed by atoms with Gasteiger partial charge >= 0.3 is 0 Å². The average molecular weight is 485 g/mol. The number of allylic oxidation sites excluding steroid dienone is 1. The van der Waals surface area contributed by atoms with Crippen LogP contribution in [-0.4, -0.2) is 32.9 Å². The fraction of sp³-hybridized carbons (Fsp3) is 0.933. The minimum Gasteiger partial charge on any atom is -0.475 e. The van der Waals surface area contributed by atoms with Crippen LogP contribution in [0.4, 0.5) is 0 Å². The summed E-state index contributed by atoms with van der Waals surface area (Å²) in [5.41, 5.74) is 0. The molecule has 0 aliphatic rings. The summed E-state index contributed by atoms with van der Waals surface area (Å²) in [5.74, 6) is 0. The van der Waals surface area contributed by atoms with Crippen LogP contribution in [0.25, 0.3) is 0 Å². The zero-order valence-corrected chi connectivity index (χ0v) is 23.3. The minimum atomic E-state index is 0.0119. The molecule has 0 rings (SSSR count). The van der Waals surface area contributed by atoms with Gasteiger partial charge in [0.1, 0.15) is 0 Å². The maximum atomic E-state index is 5.93. The lowest BCUT2D eigenvalue weighted by Gasteiger charge is -2.18. The molecular weight excluding hydrogens is 424 g/mol. The molecule has 0 amide bonds. The fourth-order valence-electron chi connectivity index (χ4n) is 3.83. The number of ether oxygens (including phenoxy) is 4. The predicted molar refractivity (Wildman–Crippen MR) is 146 cm³/mol. The Morgan fingerprint density at radius 1 is 0.529 bits per heavy atom. The van der Waals surface area contributed by atoms with Gasteiger partial charge in [0.15, 0.2) is 13.1 Å². The minimum absolute atomic E-state index is 0.0119. The van der Waals surface area contributed by atoms with E-state index in [9.17, 15) is 0 Å². The van der Waals surface area contributed by atoms with E-state index in [4.69, 9.17) is 18.9 Å². The van der Waals surface area contributed by atoms with Crippen molar-refractivity contribution in [1.82, 2.24) is 0 Å². The summed E-state index contributed by atoms with van der Waals surface area (Å²) in [5, 5.41) is 0. The second-order valence-electron chi connectivity index (χ2n) is 9.62. The van der Waals surface area contributed by atoms with Crippen molar-refractivity contribution in [3.05, 3.63) is 12.3 Å². The third kappa shape index (κ3) is 27.7. The van der Waals surface area contributed by atoms with E-state index >= 15 is 0 Å². The number of hydrogen-bond donors (Lipinski definition) is 0. The highest BCUT2D eigenvalue weighted by atomic mass is 16.7. The first-order valence-electron chi connectivity index (χ1n) is 14.9. The molecule has 0 bridgehead atoms. The molecule has 4 nitrogen and oxygen atoms in total. The molecule has 0 saturated heterocycles. The first-order valence-corrected chi connectivity index (χ1v) is 14.9. The summed E-state index contributed by atoms with van der Waals surface area (Å²) in [6.07, 6.45) is 29.0. The Morgan fingerprint density at radius 3 is 1.68 bits per heavy atom. The van der Waals surface area contributed by atoms with Gasteiger partial charge in [-0.1, -0.05) is 104 Å². The first-order chi connectivity index (χ1) is 16.8. The molecule has 0 radical (unpaired) electrons. The van der Waals surface area contributed by atoms with E-state index in [-0.39, 0.29) is 6.29 Å². The van der Waals surface area contributed by atoms with Crippen LogP contribution in [0.5, 0.6) is 0 Å². The molecule has 0 aromatic heterocycles. The fourth-order valence-corrected chi connectivity index (χ4v) is 3.83. The van der Waals surface area contributed by atoms with Gasteiger partial charge in [-0.3, -0.25) is 0 Å². The lowest BCUT2D eigenvalue weighted by atomic mass is 10.1. The topological polar surface area (TPSA) is 36.9 Å². The van der Waals surface area contributed by atoms with E-state index in [1.807, 2.05) is 6.26 Å². The second kappa shape index (κ2) is 30.5. The Morgan fingerprint density at radius 2 is 1.06 bits per heavy atom. The standard InChI is InChI=1S/C30H60O4/c1-4-7-10-11-16-19-22-25-31-29-32-26-23-20-17-14-12-13-15-18-21-24-30(33-27-8-5-2)34-28-9-6-3/h23,26,30H,4-22,24-25,27-29H2,1-3H3. The van der Waals surface area contributed by atoms with Gasteiger partial charge in [-0.15, -0.1) is 0 Å². The zero-order valence-electron chi connectivity index (χ0n) is 23.3. The number of unbranched alkanes of at least 4 members (excludes halogenated alkanes) is 15. The maximum Gasteiger partial charge on any atom is 0.188 e. The van der Waals surface area contributed by atoms with E-state index < -0.39 is 0 Å². The third-order valence-corrected chi connectivity index (χ3v) is 6.15. The highest BCUT2D eigenvalue weighted by Gasteiger charge is 2.08. The molecule has 4 heteroatoms. The Kier molecular flexibility index (Phi) is 29.9. The lowest BCUT2D eigenvalue weighted by Crippen LogP contribution is -2.18. The van der Waals surface area contributed by atoms with Crippen molar-refractivity contribution in [2.24, 2.45) is 0 Å². The van der Waals surface area contributed by atoms with Crippen molar-refractivity contribution in [3.8, 4) is 0 Å². The van der Waals surface area contributed by atoms with Crippen LogP contribution < -0.4 is 0 Å². The Balaban J connectivity index is 3.36. The summed E-state index contributed by atoms with van der Waals surface area (Å²) < 4.78 is 22.8. The molecule has 0 aromatic rings. The van der Waals surface area contributed by atoms with Crippen molar-refractivity contribution in [2.75, 3.05) is 26.6 Å². The van der Waals surface area contributed by atoms with Crippen LogP contribution in [-0.2, 0) is 18.9 Å². The normalized spacial score (nSPS) is 11.8. The molecule has 0 unspecified atom stereocenters. The molecule has 0 fully saturated rings. The van der Waals surface area contributed by atoms with Gasteiger partial charge < -0.3 is 18.9 Å². The number of hydrogen-bond acceptors (Lipinski definition) is 4. The average Bonchev–Trinajstić information content (AvgIpc) is 2.85. The molecular formula is C30H60O4. The summed E-state index contributed by atoms with van der Waals surface area (Å²) in [7, 11) is 0. The quantitative estimate of drug-likeness (QED) is 0.0601. The maximum absolute atomic E-state index is 5.93. The predicted octanol–water partition coefficient (Wildman–Crippen LogP) is 9.71. The highest BCUT2D eigenvalue weighted by Crippen LogP contribution is 2.14. The van der Waals surface area contributed by atoms with Crippen molar-refractivity contribution in [1.29, 1.82) is 0 Å². The van der Waals surface area contributed by atoms with Crippen molar-refractivity contribution in [2.45, 2.75) is 155 Å². The largest absolute Gasteiger partial charge is 0.475 e. The summed E-state index contributed by atoms with van der Waals surface area (Å²) in [6, 6.07) is 0. The Bertz CT molecular complexity index is 376. The van der Waals surface area contributed by atoms with Gasteiger partial charge in [0, 0.05) is 13.2 Å². The molecule has 0 atom stereocenters.